The number of rotatable bonds is 8. The SMILES string of the molecule is O=C(N[C@H](C=C1CCC(c2ccccc2CN2CCCC2=O)CC1)Cc1ccc(Cl)cc1)c1cc(=O)c2cccc(Cl)c2o1. The van der Waals surface area contributed by atoms with Gasteiger partial charge in [-0.15, -0.1) is 0 Å². The molecule has 44 heavy (non-hydrogen) atoms. The molecule has 1 N–H and O–H groups in total. The summed E-state index contributed by atoms with van der Waals surface area (Å²) in [6, 6.07) is 21.9. The molecular formula is C36H34Cl2N2O4. The quantitative estimate of drug-likeness (QED) is 0.202. The lowest BCUT2D eigenvalue weighted by atomic mass is 9.79. The molecule has 226 valence electrons. The van der Waals surface area contributed by atoms with Crippen molar-refractivity contribution >= 4 is 46.0 Å². The molecule has 0 bridgehead atoms. The summed E-state index contributed by atoms with van der Waals surface area (Å²) in [7, 11) is 0. The van der Waals surface area contributed by atoms with Gasteiger partial charge in [-0.05, 0) is 85.4 Å². The molecule has 8 heteroatoms. The molecule has 1 saturated heterocycles. The van der Waals surface area contributed by atoms with Crippen molar-refractivity contribution in [2.24, 2.45) is 0 Å². The molecule has 3 aromatic carbocycles. The average Bonchev–Trinajstić information content (AvgIpc) is 3.43. The predicted molar refractivity (Wildman–Crippen MR) is 174 cm³/mol. The molecule has 1 saturated carbocycles. The fraction of sp³-hybridized carbons (Fsp3) is 0.306. The topological polar surface area (TPSA) is 79.6 Å². The van der Waals surface area contributed by atoms with E-state index in [1.54, 1.807) is 18.2 Å². The van der Waals surface area contributed by atoms with Crippen LogP contribution in [0.5, 0.6) is 0 Å². The maximum absolute atomic E-state index is 13.4. The zero-order chi connectivity index (χ0) is 30.6. The van der Waals surface area contributed by atoms with Crippen molar-refractivity contribution in [1.82, 2.24) is 10.2 Å². The van der Waals surface area contributed by atoms with Crippen LogP contribution in [-0.2, 0) is 17.8 Å². The molecule has 2 fully saturated rings. The molecule has 4 aromatic rings. The maximum atomic E-state index is 13.4. The number of likely N-dealkylation sites (tertiary alicyclic amines) is 1. The zero-order valence-corrected chi connectivity index (χ0v) is 25.9. The Balaban J connectivity index is 1.20. The number of carbonyl (C=O) groups excluding carboxylic acids is 2. The molecule has 1 aliphatic heterocycles. The third kappa shape index (κ3) is 6.92. The number of benzene rings is 3. The van der Waals surface area contributed by atoms with Crippen LogP contribution in [0, 0.1) is 0 Å². The molecule has 0 unspecified atom stereocenters. The average molecular weight is 630 g/mol. The highest BCUT2D eigenvalue weighted by Crippen LogP contribution is 2.38. The minimum absolute atomic E-state index is 0.0769. The number of nitrogens with one attached hydrogen (secondary N) is 1. The van der Waals surface area contributed by atoms with Gasteiger partial charge in [0.2, 0.25) is 5.91 Å². The molecule has 1 atom stereocenters. The molecule has 2 amide bonds. The minimum Gasteiger partial charge on any atom is -0.449 e. The van der Waals surface area contributed by atoms with E-state index in [4.69, 9.17) is 27.6 Å². The first kappa shape index (κ1) is 30.2. The number of hydrogen-bond acceptors (Lipinski definition) is 4. The van der Waals surface area contributed by atoms with Gasteiger partial charge < -0.3 is 14.6 Å². The predicted octanol–water partition coefficient (Wildman–Crippen LogP) is 7.85. The zero-order valence-electron chi connectivity index (χ0n) is 24.4. The number of fused-ring (bicyclic) bond motifs is 1. The highest BCUT2D eigenvalue weighted by atomic mass is 35.5. The molecule has 2 aliphatic rings. The van der Waals surface area contributed by atoms with Gasteiger partial charge in [0.1, 0.15) is 0 Å². The van der Waals surface area contributed by atoms with Gasteiger partial charge in [0.15, 0.2) is 16.8 Å². The number of amides is 2. The second-order valence-corrected chi connectivity index (χ2v) is 12.6. The van der Waals surface area contributed by atoms with Crippen LogP contribution in [0.3, 0.4) is 0 Å². The van der Waals surface area contributed by atoms with E-state index in [0.29, 0.717) is 35.7 Å². The summed E-state index contributed by atoms with van der Waals surface area (Å²) in [5.41, 5.74) is 4.77. The van der Waals surface area contributed by atoms with Crippen molar-refractivity contribution in [2.75, 3.05) is 6.54 Å². The van der Waals surface area contributed by atoms with Crippen LogP contribution in [0.1, 0.15) is 71.7 Å². The maximum Gasteiger partial charge on any atom is 0.287 e. The number of allylic oxidation sites excluding steroid dienone is 1. The van der Waals surface area contributed by atoms with Gasteiger partial charge in [0.25, 0.3) is 5.91 Å². The lowest BCUT2D eigenvalue weighted by Gasteiger charge is -2.28. The van der Waals surface area contributed by atoms with Gasteiger partial charge in [-0.2, -0.15) is 0 Å². The first-order valence-corrected chi connectivity index (χ1v) is 15.9. The van der Waals surface area contributed by atoms with Crippen LogP contribution in [0.15, 0.2) is 93.7 Å². The van der Waals surface area contributed by atoms with E-state index in [9.17, 15) is 14.4 Å². The van der Waals surface area contributed by atoms with Crippen LogP contribution >= 0.6 is 23.2 Å². The van der Waals surface area contributed by atoms with Crippen molar-refractivity contribution in [3.63, 3.8) is 0 Å². The summed E-state index contributed by atoms with van der Waals surface area (Å²) in [6.07, 6.45) is 8.11. The van der Waals surface area contributed by atoms with E-state index >= 15 is 0 Å². The Morgan fingerprint density at radius 2 is 1.75 bits per heavy atom. The fourth-order valence-electron chi connectivity index (χ4n) is 6.42. The van der Waals surface area contributed by atoms with Crippen LogP contribution in [0.4, 0.5) is 0 Å². The molecule has 2 heterocycles. The highest BCUT2D eigenvalue weighted by Gasteiger charge is 2.25. The molecule has 0 spiro atoms. The largest absolute Gasteiger partial charge is 0.449 e. The van der Waals surface area contributed by atoms with E-state index in [0.717, 1.165) is 44.2 Å². The summed E-state index contributed by atoms with van der Waals surface area (Å²) in [4.78, 5) is 40.4. The molecule has 1 aliphatic carbocycles. The van der Waals surface area contributed by atoms with Crippen LogP contribution in [0.25, 0.3) is 11.0 Å². The van der Waals surface area contributed by atoms with Crippen LogP contribution < -0.4 is 10.7 Å². The Hall–Kier alpha value is -3.87. The molecule has 1 aromatic heterocycles. The first-order chi connectivity index (χ1) is 21.3. The second-order valence-electron chi connectivity index (χ2n) is 11.7. The summed E-state index contributed by atoms with van der Waals surface area (Å²) in [5.74, 6) is 0.112. The Morgan fingerprint density at radius 1 is 0.977 bits per heavy atom. The number of para-hydroxylation sites is 1. The monoisotopic (exact) mass is 628 g/mol. The van der Waals surface area contributed by atoms with Crippen LogP contribution in [-0.4, -0.2) is 29.3 Å². The van der Waals surface area contributed by atoms with Crippen LogP contribution in [0.2, 0.25) is 10.0 Å². The first-order valence-electron chi connectivity index (χ1n) is 15.2. The Bertz CT molecular complexity index is 1770. The third-order valence-electron chi connectivity index (χ3n) is 8.71. The molecule has 6 nitrogen and oxygen atoms in total. The normalized spacial score (nSPS) is 17.6. The van der Waals surface area contributed by atoms with Crippen molar-refractivity contribution in [3.05, 3.63) is 127 Å². The van der Waals surface area contributed by atoms with Gasteiger partial charge in [-0.25, -0.2) is 0 Å². The summed E-state index contributed by atoms with van der Waals surface area (Å²) >= 11 is 12.4. The van der Waals surface area contributed by atoms with Crippen molar-refractivity contribution in [1.29, 1.82) is 0 Å². The van der Waals surface area contributed by atoms with Gasteiger partial charge in [0, 0.05) is 30.6 Å². The van der Waals surface area contributed by atoms with E-state index in [-0.39, 0.29) is 33.7 Å². The number of hydrogen-bond donors (Lipinski definition) is 1. The number of nitrogens with zero attached hydrogens (tertiary/aromatic N) is 1. The standard InChI is InChI=1S/C36H34Cl2N2O4/c37-27-16-12-24(13-17-27)20-28(39-36(43)33-21-32(41)30-7-3-8-31(38)35(30)44-33)19-23-10-14-25(15-11-23)29-6-2-1-5-26(29)22-40-18-4-9-34(40)42/h1-3,5-8,12-13,16-17,19,21,25,28H,4,9-11,14-15,18,20,22H2,(H,39,43)/t25?,28-/m1/s1. The van der Waals surface area contributed by atoms with Gasteiger partial charge in [-0.1, -0.05) is 77.3 Å². The Morgan fingerprint density at radius 3 is 2.50 bits per heavy atom. The summed E-state index contributed by atoms with van der Waals surface area (Å²) in [6.45, 7) is 1.51. The Kier molecular flexibility index (Phi) is 9.20. The van der Waals surface area contributed by atoms with Crippen molar-refractivity contribution in [3.8, 4) is 0 Å². The van der Waals surface area contributed by atoms with E-state index < -0.39 is 5.91 Å². The fourth-order valence-corrected chi connectivity index (χ4v) is 6.76. The van der Waals surface area contributed by atoms with E-state index in [1.807, 2.05) is 29.2 Å². The summed E-state index contributed by atoms with van der Waals surface area (Å²) in [5, 5.41) is 4.35. The number of carbonyl (C=O) groups is 2. The summed E-state index contributed by atoms with van der Waals surface area (Å²) < 4.78 is 5.81. The molecule has 0 radical (unpaired) electrons. The van der Waals surface area contributed by atoms with E-state index in [1.165, 1.54) is 22.8 Å². The lowest BCUT2D eigenvalue weighted by molar-refractivity contribution is -0.128. The number of halogens is 2. The van der Waals surface area contributed by atoms with Gasteiger partial charge >= 0.3 is 0 Å². The Labute approximate surface area is 266 Å². The lowest BCUT2D eigenvalue weighted by Crippen LogP contribution is -2.36. The van der Waals surface area contributed by atoms with Crippen molar-refractivity contribution < 1.29 is 14.0 Å². The van der Waals surface area contributed by atoms with Crippen molar-refractivity contribution in [2.45, 2.75) is 63.5 Å². The minimum atomic E-state index is -0.473. The van der Waals surface area contributed by atoms with Gasteiger partial charge in [0.05, 0.1) is 16.5 Å². The van der Waals surface area contributed by atoms with Gasteiger partial charge in [-0.3, -0.25) is 14.4 Å². The molecular weight excluding hydrogens is 595 g/mol. The highest BCUT2D eigenvalue weighted by molar-refractivity contribution is 6.34. The smallest absolute Gasteiger partial charge is 0.287 e. The van der Waals surface area contributed by atoms with E-state index in [2.05, 4.69) is 35.7 Å². The second kappa shape index (κ2) is 13.4. The third-order valence-corrected chi connectivity index (χ3v) is 9.26. The molecule has 6 rings (SSSR count).